The lowest BCUT2D eigenvalue weighted by Gasteiger charge is -2.02. The van der Waals surface area contributed by atoms with Crippen molar-refractivity contribution in [3.8, 4) is 11.3 Å². The summed E-state index contributed by atoms with van der Waals surface area (Å²) >= 11 is 15.7. The molecule has 0 unspecified atom stereocenters. The van der Waals surface area contributed by atoms with Gasteiger partial charge in [-0.1, -0.05) is 45.2 Å². The molecule has 3 rings (SSSR count). The molecule has 3 aromatic rings. The van der Waals surface area contributed by atoms with Crippen LogP contribution in [-0.4, -0.2) is 5.78 Å². The molecule has 0 saturated carbocycles. The van der Waals surface area contributed by atoms with Crippen molar-refractivity contribution in [2.45, 2.75) is 0 Å². The minimum atomic E-state index is -0.101. The van der Waals surface area contributed by atoms with Crippen LogP contribution in [0.15, 0.2) is 69.6 Å². The van der Waals surface area contributed by atoms with Gasteiger partial charge in [-0.3, -0.25) is 4.79 Å². The molecule has 0 N–H and O–H groups in total. The first kappa shape index (κ1) is 17.0. The Kier molecular flexibility index (Phi) is 5.24. The molecule has 1 aromatic heterocycles. The standard InChI is InChI=1S/C19H11BrCl2O2/c20-13-6-4-12(5-7-13)17(23)10-8-14-9-11-18(24-14)19-15(21)2-1-3-16(19)22/h1-11H. The Hall–Kier alpha value is -1.81. The van der Waals surface area contributed by atoms with Crippen molar-refractivity contribution in [1.82, 2.24) is 0 Å². The van der Waals surface area contributed by atoms with Gasteiger partial charge in [-0.2, -0.15) is 0 Å². The Morgan fingerprint density at radius 2 is 1.62 bits per heavy atom. The first-order chi connectivity index (χ1) is 11.5. The Morgan fingerprint density at radius 3 is 2.29 bits per heavy atom. The highest BCUT2D eigenvalue weighted by atomic mass is 79.9. The topological polar surface area (TPSA) is 30.2 Å². The fourth-order valence-electron chi connectivity index (χ4n) is 2.18. The van der Waals surface area contributed by atoms with Crippen molar-refractivity contribution in [3.63, 3.8) is 0 Å². The highest BCUT2D eigenvalue weighted by Crippen LogP contribution is 2.35. The fourth-order valence-corrected chi connectivity index (χ4v) is 3.03. The number of hydrogen-bond acceptors (Lipinski definition) is 2. The summed E-state index contributed by atoms with van der Waals surface area (Å²) in [5.41, 5.74) is 1.25. The third-order valence-corrected chi connectivity index (χ3v) is 4.52. The third kappa shape index (κ3) is 3.81. The molecule has 2 aromatic carbocycles. The van der Waals surface area contributed by atoms with Gasteiger partial charge in [0.15, 0.2) is 5.78 Å². The van der Waals surface area contributed by atoms with E-state index in [1.807, 2.05) is 12.1 Å². The number of carbonyl (C=O) groups is 1. The summed E-state index contributed by atoms with van der Waals surface area (Å²) in [5, 5.41) is 1.02. The van der Waals surface area contributed by atoms with Gasteiger partial charge in [0.05, 0.1) is 15.6 Å². The minimum Gasteiger partial charge on any atom is -0.457 e. The molecule has 0 radical (unpaired) electrons. The smallest absolute Gasteiger partial charge is 0.185 e. The van der Waals surface area contributed by atoms with E-state index in [0.717, 1.165) is 4.47 Å². The zero-order valence-electron chi connectivity index (χ0n) is 12.3. The molecule has 0 saturated heterocycles. The summed E-state index contributed by atoms with van der Waals surface area (Å²) in [7, 11) is 0. The average molecular weight is 422 g/mol. The van der Waals surface area contributed by atoms with Crippen LogP contribution in [0.1, 0.15) is 16.1 Å². The second-order valence-corrected chi connectivity index (χ2v) is 6.73. The van der Waals surface area contributed by atoms with Gasteiger partial charge in [0.2, 0.25) is 0 Å². The zero-order valence-corrected chi connectivity index (χ0v) is 15.4. The molecule has 120 valence electrons. The van der Waals surface area contributed by atoms with E-state index in [1.165, 1.54) is 6.08 Å². The molecular weight excluding hydrogens is 411 g/mol. The maximum Gasteiger partial charge on any atom is 0.185 e. The normalized spacial score (nSPS) is 11.1. The molecule has 0 fully saturated rings. The van der Waals surface area contributed by atoms with Crippen LogP contribution in [0.25, 0.3) is 17.4 Å². The molecule has 24 heavy (non-hydrogen) atoms. The van der Waals surface area contributed by atoms with Gasteiger partial charge < -0.3 is 4.42 Å². The van der Waals surface area contributed by atoms with Crippen molar-refractivity contribution < 1.29 is 9.21 Å². The molecule has 0 aliphatic heterocycles. The van der Waals surface area contributed by atoms with Crippen LogP contribution < -0.4 is 0 Å². The van der Waals surface area contributed by atoms with Crippen molar-refractivity contribution >= 4 is 51.0 Å². The third-order valence-electron chi connectivity index (χ3n) is 3.36. The zero-order chi connectivity index (χ0) is 17.1. The van der Waals surface area contributed by atoms with Crippen LogP contribution in [0.4, 0.5) is 0 Å². The number of ketones is 1. The van der Waals surface area contributed by atoms with Gasteiger partial charge in [0.1, 0.15) is 11.5 Å². The highest BCUT2D eigenvalue weighted by molar-refractivity contribution is 9.10. The molecule has 0 aliphatic rings. The van der Waals surface area contributed by atoms with E-state index in [1.54, 1.807) is 48.5 Å². The average Bonchev–Trinajstić information content (AvgIpc) is 3.02. The predicted molar refractivity (Wildman–Crippen MR) is 102 cm³/mol. The minimum absolute atomic E-state index is 0.101. The second-order valence-electron chi connectivity index (χ2n) is 5.00. The predicted octanol–water partition coefficient (Wildman–Crippen LogP) is 6.91. The summed E-state index contributed by atoms with van der Waals surface area (Å²) in [4.78, 5) is 12.1. The lowest BCUT2D eigenvalue weighted by molar-refractivity contribution is 0.104. The number of hydrogen-bond donors (Lipinski definition) is 0. The number of allylic oxidation sites excluding steroid dienone is 1. The van der Waals surface area contributed by atoms with E-state index < -0.39 is 0 Å². The molecular formula is C19H11BrCl2O2. The molecule has 1 heterocycles. The van der Waals surface area contributed by atoms with Gasteiger partial charge in [0, 0.05) is 10.0 Å². The van der Waals surface area contributed by atoms with Crippen molar-refractivity contribution in [1.29, 1.82) is 0 Å². The summed E-state index contributed by atoms with van der Waals surface area (Å²) in [6.07, 6.45) is 3.10. The van der Waals surface area contributed by atoms with Crippen molar-refractivity contribution in [2.24, 2.45) is 0 Å². The SMILES string of the molecule is O=C(C=Cc1ccc(-c2c(Cl)cccc2Cl)o1)c1ccc(Br)cc1. The van der Waals surface area contributed by atoms with Gasteiger partial charge in [0.25, 0.3) is 0 Å². The van der Waals surface area contributed by atoms with Crippen LogP contribution in [0.3, 0.4) is 0 Å². The van der Waals surface area contributed by atoms with E-state index in [-0.39, 0.29) is 5.78 Å². The van der Waals surface area contributed by atoms with Crippen LogP contribution in [-0.2, 0) is 0 Å². The van der Waals surface area contributed by atoms with Gasteiger partial charge >= 0.3 is 0 Å². The molecule has 0 bridgehead atoms. The quantitative estimate of drug-likeness (QED) is 0.338. The summed E-state index contributed by atoms with van der Waals surface area (Å²) in [5.74, 6) is 1.00. The molecule has 0 spiro atoms. The van der Waals surface area contributed by atoms with Crippen LogP contribution in [0, 0.1) is 0 Å². The van der Waals surface area contributed by atoms with E-state index in [2.05, 4.69) is 15.9 Å². The first-order valence-corrected chi connectivity index (χ1v) is 8.61. The number of halogens is 3. The van der Waals surface area contributed by atoms with E-state index in [4.69, 9.17) is 27.6 Å². The number of rotatable bonds is 4. The maximum atomic E-state index is 12.1. The van der Waals surface area contributed by atoms with Crippen molar-refractivity contribution in [3.05, 3.63) is 86.5 Å². The highest BCUT2D eigenvalue weighted by Gasteiger charge is 2.12. The summed E-state index contributed by atoms with van der Waals surface area (Å²) in [6, 6.07) is 16.0. The Balaban J connectivity index is 1.81. The van der Waals surface area contributed by atoms with Crippen LogP contribution in [0.2, 0.25) is 10.0 Å². The fraction of sp³-hybridized carbons (Fsp3) is 0. The van der Waals surface area contributed by atoms with Crippen LogP contribution in [0.5, 0.6) is 0 Å². The molecule has 0 atom stereocenters. The van der Waals surface area contributed by atoms with Crippen LogP contribution >= 0.6 is 39.1 Å². The number of carbonyl (C=O) groups excluding carboxylic acids is 1. The lowest BCUT2D eigenvalue weighted by Crippen LogP contribution is -1.92. The lowest BCUT2D eigenvalue weighted by atomic mass is 10.1. The maximum absolute atomic E-state index is 12.1. The summed E-state index contributed by atoms with van der Waals surface area (Å²) in [6.45, 7) is 0. The number of furan rings is 1. The summed E-state index contributed by atoms with van der Waals surface area (Å²) < 4.78 is 6.65. The van der Waals surface area contributed by atoms with E-state index in [9.17, 15) is 4.79 Å². The number of benzene rings is 2. The van der Waals surface area contributed by atoms with E-state index in [0.29, 0.717) is 32.7 Å². The largest absolute Gasteiger partial charge is 0.457 e. The molecule has 5 heteroatoms. The van der Waals surface area contributed by atoms with E-state index >= 15 is 0 Å². The molecule has 0 amide bonds. The Labute approximate surface area is 157 Å². The Morgan fingerprint density at radius 1 is 0.958 bits per heavy atom. The van der Waals surface area contributed by atoms with Gasteiger partial charge in [-0.05, 0) is 60.7 Å². The monoisotopic (exact) mass is 420 g/mol. The molecule has 0 aliphatic carbocycles. The van der Waals surface area contributed by atoms with Gasteiger partial charge in [-0.15, -0.1) is 0 Å². The van der Waals surface area contributed by atoms with Gasteiger partial charge in [-0.25, -0.2) is 0 Å². The van der Waals surface area contributed by atoms with Crippen molar-refractivity contribution in [2.75, 3.05) is 0 Å². The first-order valence-electron chi connectivity index (χ1n) is 7.07. The second kappa shape index (κ2) is 7.39. The Bertz CT molecular complexity index is 891. The molecule has 2 nitrogen and oxygen atoms in total.